The Bertz CT molecular complexity index is 719. The average molecular weight is 251 g/mol. The van der Waals surface area contributed by atoms with Gasteiger partial charge in [-0.2, -0.15) is 0 Å². The smallest absolute Gasteiger partial charge is 0.211 e. The molecule has 0 aliphatic heterocycles. The number of hydrogen-bond donors (Lipinski definition) is 1. The van der Waals surface area contributed by atoms with Gasteiger partial charge in [0, 0.05) is 16.7 Å². The molecule has 1 aliphatic carbocycles. The number of fused-ring (bicyclic) bond motifs is 2. The standard InChI is InChI=1S/C15H9NO3/c17-8-16-12-7-3-6-11-13(12)15(19)10-5-2-1-4-9(10)14(11)18/h1-8H,(H,16,17). The lowest BCUT2D eigenvalue weighted by atomic mass is 9.83. The predicted molar refractivity (Wildman–Crippen MR) is 69.4 cm³/mol. The Labute approximate surface area is 109 Å². The highest BCUT2D eigenvalue weighted by atomic mass is 16.1. The molecule has 2 aromatic rings. The third kappa shape index (κ3) is 1.57. The second kappa shape index (κ2) is 4.17. The van der Waals surface area contributed by atoms with Crippen molar-refractivity contribution < 1.29 is 14.4 Å². The molecule has 3 rings (SSSR count). The average Bonchev–Trinajstić information content (AvgIpc) is 2.45. The van der Waals surface area contributed by atoms with E-state index in [0.29, 0.717) is 28.8 Å². The summed E-state index contributed by atoms with van der Waals surface area (Å²) in [5.74, 6) is -0.435. The summed E-state index contributed by atoms with van der Waals surface area (Å²) in [7, 11) is 0. The molecular weight excluding hydrogens is 242 g/mol. The predicted octanol–water partition coefficient (Wildman–Crippen LogP) is 2.03. The van der Waals surface area contributed by atoms with Gasteiger partial charge in [-0.25, -0.2) is 0 Å². The van der Waals surface area contributed by atoms with Crippen molar-refractivity contribution in [1.29, 1.82) is 0 Å². The number of carbonyl (C=O) groups is 3. The first-order valence-corrected chi connectivity index (χ1v) is 5.75. The minimum atomic E-state index is -0.241. The van der Waals surface area contributed by atoms with Crippen molar-refractivity contribution in [1.82, 2.24) is 0 Å². The Hall–Kier alpha value is -2.75. The Morgan fingerprint density at radius 2 is 1.42 bits per heavy atom. The van der Waals surface area contributed by atoms with Crippen molar-refractivity contribution in [3.8, 4) is 0 Å². The monoisotopic (exact) mass is 251 g/mol. The zero-order valence-electron chi connectivity index (χ0n) is 9.84. The summed E-state index contributed by atoms with van der Waals surface area (Å²) in [6.07, 6.45) is 0.494. The van der Waals surface area contributed by atoms with Crippen LogP contribution in [-0.4, -0.2) is 18.0 Å². The molecule has 1 aliphatic rings. The molecule has 4 nitrogen and oxygen atoms in total. The summed E-state index contributed by atoms with van der Waals surface area (Å²) in [5.41, 5.74) is 1.73. The van der Waals surface area contributed by atoms with Crippen LogP contribution < -0.4 is 5.32 Å². The lowest BCUT2D eigenvalue weighted by molar-refractivity contribution is -0.105. The highest BCUT2D eigenvalue weighted by Crippen LogP contribution is 2.31. The summed E-state index contributed by atoms with van der Waals surface area (Å²) >= 11 is 0. The fraction of sp³-hybridized carbons (Fsp3) is 0. The van der Waals surface area contributed by atoms with Gasteiger partial charge in [0.2, 0.25) is 6.41 Å². The second-order valence-corrected chi connectivity index (χ2v) is 4.19. The number of carbonyl (C=O) groups excluding carboxylic acids is 3. The summed E-state index contributed by atoms with van der Waals surface area (Å²) < 4.78 is 0. The Balaban J connectivity index is 2.29. The van der Waals surface area contributed by atoms with Crippen molar-refractivity contribution in [2.75, 3.05) is 5.32 Å². The number of rotatable bonds is 2. The number of amides is 1. The molecule has 0 bridgehead atoms. The third-order valence-electron chi connectivity index (χ3n) is 3.17. The van der Waals surface area contributed by atoms with E-state index in [9.17, 15) is 14.4 Å². The lowest BCUT2D eigenvalue weighted by Gasteiger charge is -2.19. The first-order valence-electron chi connectivity index (χ1n) is 5.75. The van der Waals surface area contributed by atoms with Crippen LogP contribution in [0.1, 0.15) is 31.8 Å². The first-order chi connectivity index (χ1) is 9.24. The fourth-order valence-corrected chi connectivity index (χ4v) is 2.33. The fourth-order valence-electron chi connectivity index (χ4n) is 2.33. The molecule has 0 heterocycles. The van der Waals surface area contributed by atoms with Crippen LogP contribution in [-0.2, 0) is 4.79 Å². The summed E-state index contributed by atoms with van der Waals surface area (Å²) in [6.45, 7) is 0. The topological polar surface area (TPSA) is 63.2 Å². The highest BCUT2D eigenvalue weighted by Gasteiger charge is 2.31. The third-order valence-corrected chi connectivity index (χ3v) is 3.17. The number of hydrogen-bond acceptors (Lipinski definition) is 3. The van der Waals surface area contributed by atoms with Gasteiger partial charge in [-0.15, -0.1) is 0 Å². The van der Waals surface area contributed by atoms with E-state index >= 15 is 0 Å². The van der Waals surface area contributed by atoms with Crippen LogP contribution >= 0.6 is 0 Å². The zero-order chi connectivity index (χ0) is 13.4. The number of nitrogens with one attached hydrogen (secondary N) is 1. The van der Waals surface area contributed by atoms with Gasteiger partial charge >= 0.3 is 0 Å². The lowest BCUT2D eigenvalue weighted by Crippen LogP contribution is -2.22. The van der Waals surface area contributed by atoms with E-state index < -0.39 is 0 Å². The number of ketones is 2. The molecule has 0 radical (unpaired) electrons. The molecule has 0 spiro atoms. The molecule has 1 amide bonds. The molecule has 0 aromatic heterocycles. The summed E-state index contributed by atoms with van der Waals surface area (Å²) in [5, 5.41) is 2.46. The van der Waals surface area contributed by atoms with E-state index in [4.69, 9.17) is 0 Å². The maximum Gasteiger partial charge on any atom is 0.211 e. The van der Waals surface area contributed by atoms with Gasteiger partial charge in [-0.3, -0.25) is 14.4 Å². The van der Waals surface area contributed by atoms with E-state index in [1.165, 1.54) is 0 Å². The van der Waals surface area contributed by atoms with E-state index in [2.05, 4.69) is 5.32 Å². The van der Waals surface area contributed by atoms with Crippen molar-refractivity contribution in [3.63, 3.8) is 0 Å². The molecule has 19 heavy (non-hydrogen) atoms. The van der Waals surface area contributed by atoms with Crippen molar-refractivity contribution in [3.05, 3.63) is 64.7 Å². The maximum atomic E-state index is 12.4. The van der Waals surface area contributed by atoms with Gasteiger partial charge in [0.25, 0.3) is 0 Å². The van der Waals surface area contributed by atoms with Gasteiger partial charge in [0.05, 0.1) is 11.3 Å². The normalized spacial score (nSPS) is 12.6. The molecule has 0 atom stereocenters. The van der Waals surface area contributed by atoms with Gasteiger partial charge < -0.3 is 5.32 Å². The van der Waals surface area contributed by atoms with Crippen LogP contribution in [0.15, 0.2) is 42.5 Å². The molecular formula is C15H9NO3. The molecule has 2 aromatic carbocycles. The van der Waals surface area contributed by atoms with Crippen LogP contribution in [0.3, 0.4) is 0 Å². The number of benzene rings is 2. The van der Waals surface area contributed by atoms with Gasteiger partial charge in [-0.1, -0.05) is 36.4 Å². The van der Waals surface area contributed by atoms with Crippen molar-refractivity contribution >= 4 is 23.7 Å². The van der Waals surface area contributed by atoms with Crippen LogP contribution in [0, 0.1) is 0 Å². The summed E-state index contributed by atoms with van der Waals surface area (Å²) in [6, 6.07) is 11.5. The quantitative estimate of drug-likeness (QED) is 0.709. The molecule has 0 fully saturated rings. The van der Waals surface area contributed by atoms with E-state index in [1.807, 2.05) is 0 Å². The Kier molecular flexibility index (Phi) is 2.49. The van der Waals surface area contributed by atoms with Gasteiger partial charge in [0.15, 0.2) is 11.6 Å². The van der Waals surface area contributed by atoms with Crippen LogP contribution in [0.5, 0.6) is 0 Å². The molecule has 92 valence electrons. The molecule has 4 heteroatoms. The van der Waals surface area contributed by atoms with Crippen molar-refractivity contribution in [2.24, 2.45) is 0 Å². The molecule has 0 saturated heterocycles. The largest absolute Gasteiger partial charge is 0.328 e. The van der Waals surface area contributed by atoms with Crippen LogP contribution in [0.2, 0.25) is 0 Å². The first kappa shape index (κ1) is 11.3. The Morgan fingerprint density at radius 3 is 2.11 bits per heavy atom. The van der Waals surface area contributed by atoms with E-state index in [0.717, 1.165) is 0 Å². The highest BCUT2D eigenvalue weighted by molar-refractivity contribution is 6.30. The molecule has 1 N–H and O–H groups in total. The van der Waals surface area contributed by atoms with E-state index in [-0.39, 0.29) is 17.1 Å². The van der Waals surface area contributed by atoms with Gasteiger partial charge in [-0.05, 0) is 6.07 Å². The maximum absolute atomic E-state index is 12.4. The van der Waals surface area contributed by atoms with E-state index in [1.54, 1.807) is 42.5 Å². The Morgan fingerprint density at radius 1 is 0.789 bits per heavy atom. The van der Waals surface area contributed by atoms with Crippen molar-refractivity contribution in [2.45, 2.75) is 0 Å². The summed E-state index contributed by atoms with van der Waals surface area (Å²) in [4.78, 5) is 35.4. The zero-order valence-corrected chi connectivity index (χ0v) is 9.84. The number of anilines is 1. The van der Waals surface area contributed by atoms with Crippen LogP contribution in [0.4, 0.5) is 5.69 Å². The molecule has 0 saturated carbocycles. The SMILES string of the molecule is O=CNc1cccc2c1C(=O)c1ccccc1C2=O. The molecule has 0 unspecified atom stereocenters. The van der Waals surface area contributed by atoms with Crippen LogP contribution in [0.25, 0.3) is 0 Å². The minimum absolute atomic E-state index is 0.195. The van der Waals surface area contributed by atoms with Gasteiger partial charge in [0.1, 0.15) is 0 Å². The second-order valence-electron chi connectivity index (χ2n) is 4.19. The minimum Gasteiger partial charge on any atom is -0.328 e.